The van der Waals surface area contributed by atoms with E-state index in [0.717, 1.165) is 0 Å². The van der Waals surface area contributed by atoms with Crippen LogP contribution in [0.4, 0.5) is 0 Å². The van der Waals surface area contributed by atoms with Gasteiger partial charge in [0.1, 0.15) is 11.3 Å². The highest BCUT2D eigenvalue weighted by molar-refractivity contribution is 6.02. The first-order chi connectivity index (χ1) is 14.9. The van der Waals surface area contributed by atoms with Gasteiger partial charge >= 0.3 is 11.7 Å². The van der Waals surface area contributed by atoms with Crippen LogP contribution in [0.3, 0.4) is 0 Å². The van der Waals surface area contributed by atoms with Crippen molar-refractivity contribution in [1.29, 1.82) is 0 Å². The number of imidazole rings is 1. The number of H-pyrrole nitrogens is 1. The number of nitrogens with one attached hydrogen (secondary N) is 1. The smallest absolute Gasteiger partial charge is 0.337 e. The van der Waals surface area contributed by atoms with Gasteiger partial charge in [0, 0.05) is 5.56 Å². The first-order valence-electron chi connectivity index (χ1n) is 9.09. The van der Waals surface area contributed by atoms with E-state index in [1.54, 1.807) is 42.5 Å². The lowest BCUT2D eigenvalue weighted by molar-refractivity contribution is 0.0600. The summed E-state index contributed by atoms with van der Waals surface area (Å²) in [5.41, 5.74) is 6.18. The molecule has 0 bridgehead atoms. The van der Waals surface area contributed by atoms with E-state index in [1.165, 1.54) is 24.9 Å². The number of nitrogens with zero attached hydrogens (tertiary/aromatic N) is 3. The van der Waals surface area contributed by atoms with Crippen LogP contribution in [0.1, 0.15) is 20.8 Å². The molecule has 0 aliphatic rings. The summed E-state index contributed by atoms with van der Waals surface area (Å²) in [7, 11) is 2.75. The molecule has 31 heavy (non-hydrogen) atoms. The number of fused-ring (bicyclic) bond motifs is 1. The molecule has 2 aromatic carbocycles. The lowest BCUT2D eigenvalue weighted by atomic mass is 10.1. The maximum Gasteiger partial charge on any atom is 0.337 e. The zero-order valence-electron chi connectivity index (χ0n) is 16.6. The fourth-order valence-electron chi connectivity index (χ4n) is 3.23. The van der Waals surface area contributed by atoms with Crippen LogP contribution >= 0.6 is 0 Å². The van der Waals surface area contributed by atoms with Crippen molar-refractivity contribution in [2.45, 2.75) is 0 Å². The van der Waals surface area contributed by atoms with Gasteiger partial charge in [-0.25, -0.2) is 24.1 Å². The number of methoxy groups -OCH3 is 2. The normalized spacial score (nSPS) is 10.8. The fraction of sp³-hybridized carbons (Fsp3) is 0.0952. The van der Waals surface area contributed by atoms with Gasteiger partial charge in [0.15, 0.2) is 17.2 Å². The average Bonchev–Trinajstić information content (AvgIpc) is 3.13. The second kappa shape index (κ2) is 7.75. The van der Waals surface area contributed by atoms with Crippen LogP contribution in [0.25, 0.3) is 28.2 Å². The molecule has 1 amide bonds. The summed E-state index contributed by atoms with van der Waals surface area (Å²) in [5.74, 6) is -0.842. The lowest BCUT2D eigenvalue weighted by Gasteiger charge is -2.10. The maximum atomic E-state index is 12.8. The molecule has 0 saturated carbocycles. The first kappa shape index (κ1) is 19.8. The minimum atomic E-state index is -0.841. The van der Waals surface area contributed by atoms with Crippen LogP contribution in [-0.2, 0) is 4.74 Å². The molecule has 10 heteroatoms. The number of ether oxygens (including phenoxy) is 2. The molecule has 4 rings (SSSR count). The number of rotatable bonds is 5. The summed E-state index contributed by atoms with van der Waals surface area (Å²) in [5, 5.41) is 0. The van der Waals surface area contributed by atoms with Crippen molar-refractivity contribution in [2.75, 3.05) is 14.2 Å². The van der Waals surface area contributed by atoms with Crippen LogP contribution < -0.4 is 16.2 Å². The molecule has 2 heterocycles. The van der Waals surface area contributed by atoms with E-state index in [4.69, 9.17) is 15.2 Å². The monoisotopic (exact) mass is 419 g/mol. The molecule has 0 aliphatic heterocycles. The predicted molar refractivity (Wildman–Crippen MR) is 111 cm³/mol. The summed E-state index contributed by atoms with van der Waals surface area (Å²) < 4.78 is 11.4. The van der Waals surface area contributed by atoms with Gasteiger partial charge in [-0.15, -0.1) is 0 Å². The van der Waals surface area contributed by atoms with E-state index >= 15 is 0 Å². The number of benzene rings is 2. The number of aromatic amines is 1. The summed E-state index contributed by atoms with van der Waals surface area (Å²) in [6, 6.07) is 13.3. The minimum Gasteiger partial charge on any atom is -0.495 e. The molecule has 0 spiro atoms. The third-order valence-electron chi connectivity index (χ3n) is 4.64. The average molecular weight is 419 g/mol. The van der Waals surface area contributed by atoms with Crippen molar-refractivity contribution in [2.24, 2.45) is 5.73 Å². The molecular weight excluding hydrogens is 402 g/mol. The summed E-state index contributed by atoms with van der Waals surface area (Å²) in [4.78, 5) is 48.1. The topological polar surface area (TPSA) is 142 Å². The number of aromatic nitrogens is 4. The SMILES string of the molecule is COC(=O)c1cccc(-c2nc(C(N)=O)c3[nH]c(=O)n(-c4ccccc4OC)c3n2)c1. The Morgan fingerprint density at radius 1 is 1.06 bits per heavy atom. The van der Waals surface area contributed by atoms with E-state index in [1.807, 2.05) is 0 Å². The highest BCUT2D eigenvalue weighted by atomic mass is 16.5. The Bertz CT molecular complexity index is 1390. The molecule has 0 radical (unpaired) electrons. The van der Waals surface area contributed by atoms with Crippen molar-refractivity contribution < 1.29 is 19.1 Å². The molecule has 3 N–H and O–H groups in total. The van der Waals surface area contributed by atoms with Gasteiger partial charge in [-0.3, -0.25) is 4.79 Å². The number of esters is 1. The number of para-hydroxylation sites is 2. The van der Waals surface area contributed by atoms with Crippen LogP contribution in [0.5, 0.6) is 5.75 Å². The molecular formula is C21H17N5O5. The van der Waals surface area contributed by atoms with Gasteiger partial charge in [-0.05, 0) is 24.3 Å². The lowest BCUT2D eigenvalue weighted by Crippen LogP contribution is -2.16. The summed E-state index contributed by atoms with van der Waals surface area (Å²) in [6.07, 6.45) is 0. The minimum absolute atomic E-state index is 0.0938. The van der Waals surface area contributed by atoms with Gasteiger partial charge in [-0.2, -0.15) is 0 Å². The molecule has 2 aromatic heterocycles. The van der Waals surface area contributed by atoms with Crippen molar-refractivity contribution >= 4 is 23.0 Å². The number of carbonyl (C=O) groups excluding carboxylic acids is 2. The molecule has 10 nitrogen and oxygen atoms in total. The molecule has 0 aliphatic carbocycles. The molecule has 4 aromatic rings. The third kappa shape index (κ3) is 3.39. The van der Waals surface area contributed by atoms with E-state index in [0.29, 0.717) is 17.0 Å². The van der Waals surface area contributed by atoms with Crippen molar-refractivity contribution in [1.82, 2.24) is 19.5 Å². The highest BCUT2D eigenvalue weighted by Crippen LogP contribution is 2.26. The molecule has 156 valence electrons. The Morgan fingerprint density at radius 2 is 1.84 bits per heavy atom. The zero-order valence-corrected chi connectivity index (χ0v) is 16.6. The van der Waals surface area contributed by atoms with Crippen molar-refractivity contribution in [3.63, 3.8) is 0 Å². The second-order valence-corrected chi connectivity index (χ2v) is 6.47. The number of hydrogen-bond donors (Lipinski definition) is 2. The molecule has 0 saturated heterocycles. The Kier molecular flexibility index (Phi) is 4.96. The van der Waals surface area contributed by atoms with Crippen LogP contribution in [0, 0.1) is 0 Å². The maximum absolute atomic E-state index is 12.8. The van der Waals surface area contributed by atoms with E-state index in [-0.39, 0.29) is 28.2 Å². The van der Waals surface area contributed by atoms with Gasteiger partial charge in [0.05, 0.1) is 25.5 Å². The van der Waals surface area contributed by atoms with Gasteiger partial charge in [0.2, 0.25) is 0 Å². The number of hydrogen-bond acceptors (Lipinski definition) is 7. The van der Waals surface area contributed by atoms with E-state index < -0.39 is 17.6 Å². The largest absolute Gasteiger partial charge is 0.495 e. The van der Waals surface area contributed by atoms with Crippen molar-refractivity contribution in [3.8, 4) is 22.8 Å². The van der Waals surface area contributed by atoms with Gasteiger partial charge in [-0.1, -0.05) is 24.3 Å². The van der Waals surface area contributed by atoms with Crippen LogP contribution in [0.2, 0.25) is 0 Å². The van der Waals surface area contributed by atoms with E-state index in [2.05, 4.69) is 15.0 Å². The standard InChI is InChI=1S/C21H17N5O5/c1-30-14-9-4-3-8-13(14)26-19-16(24-21(26)29)15(17(22)27)23-18(25-19)11-6-5-7-12(10-11)20(28)31-2/h3-10H,1-2H3,(H2,22,27)(H,24,29). The zero-order chi connectivity index (χ0) is 22.1. The summed E-state index contributed by atoms with van der Waals surface area (Å²) in [6.45, 7) is 0. The van der Waals surface area contributed by atoms with Crippen LogP contribution in [0.15, 0.2) is 53.3 Å². The molecule has 0 atom stereocenters. The molecule has 0 unspecified atom stereocenters. The number of carbonyl (C=O) groups is 2. The first-order valence-corrected chi connectivity index (χ1v) is 9.09. The van der Waals surface area contributed by atoms with Crippen LogP contribution in [-0.4, -0.2) is 45.6 Å². The number of nitrogens with two attached hydrogens (primary N) is 1. The van der Waals surface area contributed by atoms with Gasteiger partial charge in [0.25, 0.3) is 5.91 Å². The Balaban J connectivity index is 2.03. The fourth-order valence-corrected chi connectivity index (χ4v) is 3.23. The summed E-state index contributed by atoms with van der Waals surface area (Å²) >= 11 is 0. The number of primary amides is 1. The van der Waals surface area contributed by atoms with Crippen molar-refractivity contribution in [3.05, 3.63) is 70.3 Å². The molecule has 0 fully saturated rings. The third-order valence-corrected chi connectivity index (χ3v) is 4.64. The highest BCUT2D eigenvalue weighted by Gasteiger charge is 2.22. The Labute approximate surface area is 175 Å². The van der Waals surface area contributed by atoms with E-state index in [9.17, 15) is 14.4 Å². The van der Waals surface area contributed by atoms with Gasteiger partial charge < -0.3 is 20.2 Å². The Hall–Kier alpha value is -4.47. The number of amides is 1. The quantitative estimate of drug-likeness (QED) is 0.469. The predicted octanol–water partition coefficient (Wildman–Crippen LogP) is 1.67. The Morgan fingerprint density at radius 3 is 2.55 bits per heavy atom. The second-order valence-electron chi connectivity index (χ2n) is 6.47.